The third-order valence-corrected chi connectivity index (χ3v) is 4.69. The number of hydrogen-bond donors (Lipinski definition) is 1. The summed E-state index contributed by atoms with van der Waals surface area (Å²) in [7, 11) is 0. The van der Waals surface area contributed by atoms with Crippen LogP contribution in [0.5, 0.6) is 0 Å². The molecule has 1 heterocycles. The summed E-state index contributed by atoms with van der Waals surface area (Å²) in [5.74, 6) is -0.0597. The Labute approximate surface area is 129 Å². The summed E-state index contributed by atoms with van der Waals surface area (Å²) in [6.45, 7) is 4.42. The Hall–Kier alpha value is -1.61. The summed E-state index contributed by atoms with van der Waals surface area (Å²) in [6.07, 6.45) is 3.35. The molecule has 0 aliphatic heterocycles. The zero-order chi connectivity index (χ0) is 15.0. The Morgan fingerprint density at radius 3 is 2.86 bits per heavy atom. The zero-order valence-corrected chi connectivity index (χ0v) is 13.1. The summed E-state index contributed by atoms with van der Waals surface area (Å²) in [5, 5.41) is 4.37. The highest BCUT2D eigenvalue weighted by Gasteiger charge is 2.35. The maximum atomic E-state index is 12.7. The summed E-state index contributed by atoms with van der Waals surface area (Å²) in [6, 6.07) is 9.46. The minimum absolute atomic E-state index is 0.0597. The van der Waals surface area contributed by atoms with Gasteiger partial charge in [0, 0.05) is 11.4 Å². The summed E-state index contributed by atoms with van der Waals surface area (Å²) >= 11 is 6.05. The number of amides is 1. The van der Waals surface area contributed by atoms with Crippen molar-refractivity contribution in [1.29, 1.82) is 0 Å². The molecule has 1 amide bonds. The van der Waals surface area contributed by atoms with E-state index in [1.165, 1.54) is 0 Å². The molecule has 21 heavy (non-hydrogen) atoms. The molecule has 1 fully saturated rings. The van der Waals surface area contributed by atoms with Gasteiger partial charge in [-0.25, -0.2) is 4.98 Å². The van der Waals surface area contributed by atoms with E-state index in [0.29, 0.717) is 10.7 Å². The number of carbonyl (C=O) groups excluding carboxylic acids is 1. The van der Waals surface area contributed by atoms with E-state index >= 15 is 0 Å². The predicted molar refractivity (Wildman–Crippen MR) is 85.6 cm³/mol. The predicted octanol–water partition coefficient (Wildman–Crippen LogP) is 4.20. The van der Waals surface area contributed by atoms with Crippen LogP contribution in [0.3, 0.4) is 0 Å². The molecule has 1 N–H and O–H groups in total. The molecule has 0 bridgehead atoms. The molecule has 1 saturated carbocycles. The molecular formula is C17H19ClN2O. The van der Waals surface area contributed by atoms with Crippen LogP contribution in [0.1, 0.15) is 43.5 Å². The number of para-hydroxylation sites is 1. The van der Waals surface area contributed by atoms with E-state index in [4.69, 9.17) is 11.6 Å². The fourth-order valence-electron chi connectivity index (χ4n) is 3.16. The Morgan fingerprint density at radius 2 is 2.14 bits per heavy atom. The lowest BCUT2D eigenvalue weighted by Gasteiger charge is -2.28. The molecule has 1 atom stereocenters. The van der Waals surface area contributed by atoms with Crippen molar-refractivity contribution in [2.24, 2.45) is 5.41 Å². The van der Waals surface area contributed by atoms with Crippen LogP contribution in [0.25, 0.3) is 10.9 Å². The van der Waals surface area contributed by atoms with Gasteiger partial charge in [0.1, 0.15) is 5.15 Å². The smallest absolute Gasteiger partial charge is 0.252 e. The first kappa shape index (κ1) is 14.3. The van der Waals surface area contributed by atoms with Crippen molar-refractivity contribution in [2.45, 2.75) is 39.2 Å². The number of nitrogens with one attached hydrogen (secondary N) is 1. The highest BCUT2D eigenvalue weighted by atomic mass is 35.5. The van der Waals surface area contributed by atoms with Crippen LogP contribution in [0.2, 0.25) is 5.15 Å². The second kappa shape index (κ2) is 5.30. The molecule has 1 aromatic heterocycles. The van der Waals surface area contributed by atoms with Crippen molar-refractivity contribution in [3.63, 3.8) is 0 Å². The minimum Gasteiger partial charge on any atom is -0.349 e. The molecule has 3 rings (SSSR count). The minimum atomic E-state index is -0.0597. The average Bonchev–Trinajstić information content (AvgIpc) is 2.76. The normalized spacial score (nSPS) is 20.6. The Kier molecular flexibility index (Phi) is 3.62. The molecule has 3 nitrogen and oxygen atoms in total. The lowest BCUT2D eigenvalue weighted by atomic mass is 9.87. The summed E-state index contributed by atoms with van der Waals surface area (Å²) in [4.78, 5) is 16.9. The van der Waals surface area contributed by atoms with Gasteiger partial charge < -0.3 is 5.32 Å². The second-order valence-electron chi connectivity index (χ2n) is 6.42. The van der Waals surface area contributed by atoms with Gasteiger partial charge in [-0.3, -0.25) is 4.79 Å². The van der Waals surface area contributed by atoms with E-state index < -0.39 is 0 Å². The van der Waals surface area contributed by atoms with Gasteiger partial charge in [-0.15, -0.1) is 0 Å². The van der Waals surface area contributed by atoms with E-state index in [1.807, 2.05) is 24.3 Å². The topological polar surface area (TPSA) is 42.0 Å². The monoisotopic (exact) mass is 302 g/mol. The molecule has 0 saturated heterocycles. The number of aromatic nitrogens is 1. The van der Waals surface area contributed by atoms with Gasteiger partial charge >= 0.3 is 0 Å². The Balaban J connectivity index is 1.95. The first-order valence-electron chi connectivity index (χ1n) is 7.33. The molecule has 0 spiro atoms. The van der Waals surface area contributed by atoms with Crippen molar-refractivity contribution < 1.29 is 4.79 Å². The van der Waals surface area contributed by atoms with Crippen LogP contribution in [0.4, 0.5) is 0 Å². The second-order valence-corrected chi connectivity index (χ2v) is 6.80. The van der Waals surface area contributed by atoms with Crippen LogP contribution in [-0.4, -0.2) is 16.9 Å². The van der Waals surface area contributed by atoms with Crippen molar-refractivity contribution in [2.75, 3.05) is 0 Å². The lowest BCUT2D eigenvalue weighted by molar-refractivity contribution is 0.0911. The van der Waals surface area contributed by atoms with Gasteiger partial charge in [0.15, 0.2) is 0 Å². The number of hydrogen-bond acceptors (Lipinski definition) is 2. The number of rotatable bonds is 2. The maximum absolute atomic E-state index is 12.7. The van der Waals surface area contributed by atoms with Crippen molar-refractivity contribution >= 4 is 28.4 Å². The highest BCUT2D eigenvalue weighted by Crippen LogP contribution is 2.37. The van der Waals surface area contributed by atoms with Crippen LogP contribution in [0, 0.1) is 5.41 Å². The molecule has 2 aromatic rings. The van der Waals surface area contributed by atoms with E-state index in [1.54, 1.807) is 6.07 Å². The molecule has 1 aliphatic carbocycles. The number of halogens is 1. The van der Waals surface area contributed by atoms with Crippen molar-refractivity contribution in [3.05, 3.63) is 41.0 Å². The maximum Gasteiger partial charge on any atom is 0.252 e. The highest BCUT2D eigenvalue weighted by molar-refractivity contribution is 6.30. The third-order valence-electron chi connectivity index (χ3n) is 4.49. The molecule has 0 radical (unpaired) electrons. The number of benzene rings is 1. The molecule has 1 aliphatic rings. The SMILES string of the molecule is CC1(C)CCCC1NC(=O)c1cc(Cl)nc2ccccc12. The zero-order valence-electron chi connectivity index (χ0n) is 12.3. The van der Waals surface area contributed by atoms with Crippen LogP contribution >= 0.6 is 11.6 Å². The number of fused-ring (bicyclic) bond motifs is 1. The van der Waals surface area contributed by atoms with Crippen LogP contribution in [-0.2, 0) is 0 Å². The number of carbonyl (C=O) groups is 1. The fourth-order valence-corrected chi connectivity index (χ4v) is 3.36. The molecule has 1 unspecified atom stereocenters. The van der Waals surface area contributed by atoms with Gasteiger partial charge in [0.25, 0.3) is 5.91 Å². The van der Waals surface area contributed by atoms with Crippen LogP contribution in [0.15, 0.2) is 30.3 Å². The first-order valence-corrected chi connectivity index (χ1v) is 7.71. The van der Waals surface area contributed by atoms with Crippen LogP contribution < -0.4 is 5.32 Å². The molecule has 1 aromatic carbocycles. The number of pyridine rings is 1. The lowest BCUT2D eigenvalue weighted by Crippen LogP contribution is -2.41. The largest absolute Gasteiger partial charge is 0.349 e. The van der Waals surface area contributed by atoms with E-state index in [-0.39, 0.29) is 17.4 Å². The van der Waals surface area contributed by atoms with Gasteiger partial charge in [-0.2, -0.15) is 0 Å². The third kappa shape index (κ3) is 2.75. The van der Waals surface area contributed by atoms with E-state index in [9.17, 15) is 4.79 Å². The van der Waals surface area contributed by atoms with Crippen molar-refractivity contribution in [3.8, 4) is 0 Å². The fraction of sp³-hybridized carbons (Fsp3) is 0.412. The van der Waals surface area contributed by atoms with E-state index in [0.717, 1.165) is 30.2 Å². The van der Waals surface area contributed by atoms with E-state index in [2.05, 4.69) is 24.1 Å². The average molecular weight is 303 g/mol. The van der Waals surface area contributed by atoms with Crippen molar-refractivity contribution in [1.82, 2.24) is 10.3 Å². The molecule has 4 heteroatoms. The molecule has 110 valence electrons. The molecular weight excluding hydrogens is 284 g/mol. The standard InChI is InChI=1S/C17H19ClN2O/c1-17(2)9-5-8-14(17)20-16(21)12-10-15(18)19-13-7-4-3-6-11(12)13/h3-4,6-7,10,14H,5,8-9H2,1-2H3,(H,20,21). The Morgan fingerprint density at radius 1 is 1.38 bits per heavy atom. The van der Waals surface area contributed by atoms with Gasteiger partial charge in [0.05, 0.1) is 11.1 Å². The van der Waals surface area contributed by atoms with Gasteiger partial charge in [-0.05, 0) is 30.4 Å². The van der Waals surface area contributed by atoms with Gasteiger partial charge in [0.2, 0.25) is 0 Å². The number of nitrogens with zero attached hydrogens (tertiary/aromatic N) is 1. The summed E-state index contributed by atoms with van der Waals surface area (Å²) < 4.78 is 0. The van der Waals surface area contributed by atoms with Gasteiger partial charge in [-0.1, -0.05) is 50.1 Å². The summed E-state index contributed by atoms with van der Waals surface area (Å²) in [5.41, 5.74) is 1.51. The Bertz CT molecular complexity index is 696. The first-order chi connectivity index (χ1) is 9.97. The quantitative estimate of drug-likeness (QED) is 0.845.